The molecule has 0 unspecified atom stereocenters. The average molecular weight is 526 g/mol. The average Bonchev–Trinajstić information content (AvgIpc) is 3.42. The van der Waals surface area contributed by atoms with Gasteiger partial charge in [0.2, 0.25) is 0 Å². The molecule has 0 bridgehead atoms. The lowest BCUT2D eigenvalue weighted by Crippen LogP contribution is -2.28. The van der Waals surface area contributed by atoms with Gasteiger partial charge in [-0.15, -0.1) is 11.3 Å². The SMILES string of the molecule is COc1cccc(-c2csc(NC(=O)COC(=O)c3c(-c4ccccc4)c4ccccc4c(=O)n3C)n2)c1. The van der Waals surface area contributed by atoms with E-state index in [2.05, 4.69) is 10.3 Å². The van der Waals surface area contributed by atoms with Gasteiger partial charge in [-0.3, -0.25) is 14.9 Å². The van der Waals surface area contributed by atoms with Gasteiger partial charge in [0, 0.05) is 28.9 Å². The first-order valence-electron chi connectivity index (χ1n) is 11.7. The Kier molecular flexibility index (Phi) is 7.01. The number of hydrogen-bond donors (Lipinski definition) is 1. The maximum Gasteiger partial charge on any atom is 0.356 e. The van der Waals surface area contributed by atoms with Crippen LogP contribution in [0.1, 0.15) is 10.5 Å². The van der Waals surface area contributed by atoms with E-state index in [-0.39, 0.29) is 11.3 Å². The van der Waals surface area contributed by atoms with E-state index < -0.39 is 18.5 Å². The van der Waals surface area contributed by atoms with Crippen molar-refractivity contribution in [3.63, 3.8) is 0 Å². The quantitative estimate of drug-likeness (QED) is 0.296. The van der Waals surface area contributed by atoms with Gasteiger partial charge in [-0.25, -0.2) is 9.78 Å². The second kappa shape index (κ2) is 10.7. The highest BCUT2D eigenvalue weighted by atomic mass is 32.1. The van der Waals surface area contributed by atoms with Crippen molar-refractivity contribution in [2.45, 2.75) is 0 Å². The van der Waals surface area contributed by atoms with Crippen LogP contribution in [0.15, 0.2) is 89.0 Å². The molecule has 0 aliphatic rings. The number of fused-ring (bicyclic) bond motifs is 1. The van der Waals surface area contributed by atoms with Crippen LogP contribution in [0.5, 0.6) is 5.75 Å². The third kappa shape index (κ3) is 4.91. The first kappa shape index (κ1) is 24.9. The number of benzene rings is 3. The third-order valence-electron chi connectivity index (χ3n) is 6.01. The third-order valence-corrected chi connectivity index (χ3v) is 6.77. The van der Waals surface area contributed by atoms with Crippen LogP contribution in [0, 0.1) is 0 Å². The van der Waals surface area contributed by atoms with Crippen molar-refractivity contribution >= 4 is 39.1 Å². The van der Waals surface area contributed by atoms with Gasteiger partial charge in [-0.1, -0.05) is 60.7 Å². The van der Waals surface area contributed by atoms with E-state index >= 15 is 0 Å². The molecule has 0 aliphatic heterocycles. The smallest absolute Gasteiger partial charge is 0.356 e. The van der Waals surface area contributed by atoms with E-state index in [0.29, 0.717) is 32.9 Å². The van der Waals surface area contributed by atoms with Gasteiger partial charge in [0.05, 0.1) is 12.8 Å². The number of methoxy groups -OCH3 is 1. The van der Waals surface area contributed by atoms with Crippen molar-refractivity contribution in [3.8, 4) is 28.1 Å². The molecule has 0 saturated carbocycles. The number of carbonyl (C=O) groups excluding carboxylic acids is 2. The van der Waals surface area contributed by atoms with Crippen LogP contribution in [0.3, 0.4) is 0 Å². The fourth-order valence-corrected chi connectivity index (χ4v) is 4.94. The van der Waals surface area contributed by atoms with Gasteiger partial charge >= 0.3 is 5.97 Å². The lowest BCUT2D eigenvalue weighted by atomic mass is 9.97. The summed E-state index contributed by atoms with van der Waals surface area (Å²) in [7, 11) is 3.11. The summed E-state index contributed by atoms with van der Waals surface area (Å²) < 4.78 is 11.9. The monoisotopic (exact) mass is 525 g/mol. The molecular formula is C29H23N3O5S. The van der Waals surface area contributed by atoms with Crippen molar-refractivity contribution < 1.29 is 19.1 Å². The molecule has 38 heavy (non-hydrogen) atoms. The zero-order valence-corrected chi connectivity index (χ0v) is 21.5. The van der Waals surface area contributed by atoms with Crippen molar-refractivity contribution in [3.05, 3.63) is 100 Å². The minimum absolute atomic E-state index is 0.0715. The first-order valence-corrected chi connectivity index (χ1v) is 12.6. The van der Waals surface area contributed by atoms with Gasteiger partial charge in [0.25, 0.3) is 11.5 Å². The fraction of sp³-hybridized carbons (Fsp3) is 0.103. The summed E-state index contributed by atoms with van der Waals surface area (Å²) >= 11 is 1.25. The molecule has 1 amide bonds. The maximum absolute atomic E-state index is 13.3. The van der Waals surface area contributed by atoms with E-state index in [9.17, 15) is 14.4 Å². The summed E-state index contributed by atoms with van der Waals surface area (Å²) in [5, 5.41) is 5.96. The normalized spacial score (nSPS) is 10.8. The van der Waals surface area contributed by atoms with Crippen molar-refractivity contribution in [1.29, 1.82) is 0 Å². The standard InChI is InChI=1S/C29H23N3O5S/c1-32-26(25(18-9-4-3-5-10-18)21-13-6-7-14-22(21)27(32)34)28(35)37-16-24(33)31-29-30-23(17-38-29)19-11-8-12-20(15-19)36-2/h3-15,17H,16H2,1-2H3,(H,30,31,33). The highest BCUT2D eigenvalue weighted by molar-refractivity contribution is 7.14. The van der Waals surface area contributed by atoms with E-state index in [1.54, 1.807) is 25.3 Å². The molecule has 0 atom stereocenters. The van der Waals surface area contributed by atoms with Crippen LogP contribution in [0.4, 0.5) is 5.13 Å². The van der Waals surface area contributed by atoms with Crippen LogP contribution in [-0.4, -0.2) is 35.1 Å². The van der Waals surface area contributed by atoms with Gasteiger partial charge in [0.15, 0.2) is 11.7 Å². The molecule has 0 aliphatic carbocycles. The van der Waals surface area contributed by atoms with Crippen molar-refractivity contribution in [2.75, 3.05) is 19.0 Å². The minimum atomic E-state index is -0.777. The molecule has 9 heteroatoms. The van der Waals surface area contributed by atoms with Crippen molar-refractivity contribution in [2.24, 2.45) is 7.05 Å². The van der Waals surface area contributed by atoms with Crippen LogP contribution in [0.25, 0.3) is 33.2 Å². The zero-order valence-electron chi connectivity index (χ0n) is 20.6. The second-order valence-corrected chi connectivity index (χ2v) is 9.25. The number of nitrogens with zero attached hydrogens (tertiary/aromatic N) is 2. The molecular weight excluding hydrogens is 502 g/mol. The number of thiazole rings is 1. The molecule has 5 rings (SSSR count). The second-order valence-electron chi connectivity index (χ2n) is 8.39. The first-order chi connectivity index (χ1) is 18.5. The summed E-state index contributed by atoms with van der Waals surface area (Å²) in [6.45, 7) is -0.540. The fourth-order valence-electron chi connectivity index (χ4n) is 4.20. The summed E-state index contributed by atoms with van der Waals surface area (Å²) in [6, 6.07) is 23.8. The Morgan fingerprint density at radius 3 is 2.42 bits per heavy atom. The summed E-state index contributed by atoms with van der Waals surface area (Å²) in [4.78, 5) is 43.4. The van der Waals surface area contributed by atoms with Crippen LogP contribution in [0.2, 0.25) is 0 Å². The van der Waals surface area contributed by atoms with E-state index in [0.717, 1.165) is 11.1 Å². The number of hydrogen-bond acceptors (Lipinski definition) is 7. The Morgan fingerprint density at radius 2 is 1.66 bits per heavy atom. The Bertz CT molecular complexity index is 1710. The van der Waals surface area contributed by atoms with Gasteiger partial charge < -0.3 is 14.0 Å². The predicted molar refractivity (Wildman–Crippen MR) is 148 cm³/mol. The molecule has 3 aromatic carbocycles. The minimum Gasteiger partial charge on any atom is -0.497 e. The summed E-state index contributed by atoms with van der Waals surface area (Å²) in [6.07, 6.45) is 0. The lowest BCUT2D eigenvalue weighted by molar-refractivity contribution is -0.119. The molecule has 0 radical (unpaired) electrons. The van der Waals surface area contributed by atoms with Gasteiger partial charge in [-0.05, 0) is 29.1 Å². The molecule has 0 spiro atoms. The number of anilines is 1. The number of nitrogens with one attached hydrogen (secondary N) is 1. The number of aromatic nitrogens is 2. The molecule has 5 aromatic rings. The number of rotatable bonds is 7. The molecule has 1 N–H and O–H groups in total. The van der Waals surface area contributed by atoms with Crippen LogP contribution < -0.4 is 15.6 Å². The lowest BCUT2D eigenvalue weighted by Gasteiger charge is -2.16. The number of pyridine rings is 1. The van der Waals surface area contributed by atoms with E-state index in [4.69, 9.17) is 9.47 Å². The van der Waals surface area contributed by atoms with Gasteiger partial charge in [-0.2, -0.15) is 0 Å². The number of amides is 1. The van der Waals surface area contributed by atoms with Gasteiger partial charge in [0.1, 0.15) is 11.4 Å². The Morgan fingerprint density at radius 1 is 0.947 bits per heavy atom. The summed E-state index contributed by atoms with van der Waals surface area (Å²) in [5.74, 6) is -0.622. The molecule has 0 fully saturated rings. The van der Waals surface area contributed by atoms with Crippen LogP contribution >= 0.6 is 11.3 Å². The van der Waals surface area contributed by atoms with E-state index in [1.807, 2.05) is 66.0 Å². The van der Waals surface area contributed by atoms with E-state index in [1.165, 1.54) is 23.0 Å². The molecule has 2 aromatic heterocycles. The largest absolute Gasteiger partial charge is 0.497 e. The predicted octanol–water partition coefficient (Wildman–Crippen LogP) is 5.13. The van der Waals surface area contributed by atoms with Crippen molar-refractivity contribution in [1.82, 2.24) is 9.55 Å². The number of carbonyl (C=O) groups is 2. The molecule has 190 valence electrons. The topological polar surface area (TPSA) is 99.5 Å². The molecule has 8 nitrogen and oxygen atoms in total. The molecule has 2 heterocycles. The number of ether oxygens (including phenoxy) is 2. The summed E-state index contributed by atoms with van der Waals surface area (Å²) in [5.41, 5.74) is 2.59. The Balaban J connectivity index is 1.37. The Hall–Kier alpha value is -4.76. The highest BCUT2D eigenvalue weighted by Gasteiger charge is 2.23. The van der Waals surface area contributed by atoms with Crippen LogP contribution in [-0.2, 0) is 16.6 Å². The zero-order chi connectivity index (χ0) is 26.6. The number of esters is 1. The Labute approximate surface area is 222 Å². The molecule has 0 saturated heterocycles. The highest BCUT2D eigenvalue weighted by Crippen LogP contribution is 2.31. The maximum atomic E-state index is 13.3.